The van der Waals surface area contributed by atoms with E-state index in [-0.39, 0.29) is 29.5 Å². The molecule has 1 aliphatic carbocycles. The molecule has 3 heterocycles. The molecule has 5 rings (SSSR count). The van der Waals surface area contributed by atoms with Crippen LogP contribution in [0.4, 0.5) is 8.78 Å². The van der Waals surface area contributed by atoms with Crippen molar-refractivity contribution in [3.05, 3.63) is 71.7 Å². The number of aromatic nitrogens is 2. The summed E-state index contributed by atoms with van der Waals surface area (Å²) in [6, 6.07) is 8.82. The number of rotatable bonds is 8. The summed E-state index contributed by atoms with van der Waals surface area (Å²) in [7, 11) is 0. The van der Waals surface area contributed by atoms with Crippen LogP contribution < -0.4 is 10.6 Å². The van der Waals surface area contributed by atoms with Crippen molar-refractivity contribution in [1.29, 1.82) is 0 Å². The van der Waals surface area contributed by atoms with Gasteiger partial charge >= 0.3 is 0 Å². The van der Waals surface area contributed by atoms with Gasteiger partial charge in [-0.15, -0.1) is 0 Å². The predicted octanol–water partition coefficient (Wildman–Crippen LogP) is 3.62. The lowest BCUT2D eigenvalue weighted by molar-refractivity contribution is -0.129. The lowest BCUT2D eigenvalue weighted by atomic mass is 9.86. The van der Waals surface area contributed by atoms with Crippen molar-refractivity contribution in [3.63, 3.8) is 0 Å². The van der Waals surface area contributed by atoms with Gasteiger partial charge in [0.05, 0.1) is 29.8 Å². The van der Waals surface area contributed by atoms with E-state index in [2.05, 4.69) is 25.7 Å². The molecular weight excluding hydrogens is 520 g/mol. The average Bonchev–Trinajstić information content (AvgIpc) is 3.47. The molecule has 3 atom stereocenters. The molecule has 0 radical (unpaired) electrons. The molecule has 2 amide bonds. The Morgan fingerprint density at radius 2 is 1.93 bits per heavy atom. The van der Waals surface area contributed by atoms with Crippen LogP contribution in [0, 0.1) is 17.6 Å². The number of likely N-dealkylation sites (tertiary alicyclic amines) is 1. The quantitative estimate of drug-likeness (QED) is 0.390. The molecule has 1 unspecified atom stereocenters. The first kappa shape index (κ1) is 27.9. The van der Waals surface area contributed by atoms with Crippen LogP contribution in [-0.2, 0) is 4.79 Å². The van der Waals surface area contributed by atoms with Crippen molar-refractivity contribution < 1.29 is 28.0 Å². The first-order valence-electron chi connectivity index (χ1n) is 13.7. The molecule has 40 heavy (non-hydrogen) atoms. The number of amides is 2. The minimum absolute atomic E-state index is 0.00907. The summed E-state index contributed by atoms with van der Waals surface area (Å²) in [5.41, 5.74) is 0.451. The number of hydrogen-bond donors (Lipinski definition) is 3. The van der Waals surface area contributed by atoms with Crippen molar-refractivity contribution in [3.8, 4) is 11.3 Å². The molecule has 1 saturated heterocycles. The van der Waals surface area contributed by atoms with Gasteiger partial charge in [-0.2, -0.15) is 0 Å². The predicted molar refractivity (Wildman–Crippen MR) is 142 cm³/mol. The average molecular weight is 554 g/mol. The van der Waals surface area contributed by atoms with E-state index in [1.807, 2.05) is 0 Å². The van der Waals surface area contributed by atoms with Crippen molar-refractivity contribution in [2.45, 2.75) is 56.7 Å². The zero-order valence-corrected chi connectivity index (χ0v) is 22.1. The third kappa shape index (κ3) is 6.37. The zero-order chi connectivity index (χ0) is 28.1. The zero-order valence-electron chi connectivity index (χ0n) is 22.1. The van der Waals surface area contributed by atoms with Gasteiger partial charge in [-0.3, -0.25) is 19.5 Å². The van der Waals surface area contributed by atoms with Gasteiger partial charge in [0.15, 0.2) is 11.5 Å². The van der Waals surface area contributed by atoms with Crippen LogP contribution in [0.5, 0.6) is 0 Å². The van der Waals surface area contributed by atoms with Crippen molar-refractivity contribution in [2.75, 3.05) is 19.7 Å². The maximum Gasteiger partial charge on any atom is 0.273 e. The number of aliphatic hydroxyl groups is 1. The second kappa shape index (κ2) is 12.6. The molecule has 2 aromatic heterocycles. The van der Waals surface area contributed by atoms with Crippen molar-refractivity contribution >= 4 is 11.8 Å². The molecule has 0 spiro atoms. The van der Waals surface area contributed by atoms with Gasteiger partial charge in [0, 0.05) is 43.5 Å². The Morgan fingerprint density at radius 1 is 1.10 bits per heavy atom. The van der Waals surface area contributed by atoms with Crippen LogP contribution in [0.15, 0.2) is 53.2 Å². The summed E-state index contributed by atoms with van der Waals surface area (Å²) in [6.45, 7) is 0.876. The molecule has 1 aromatic carbocycles. The maximum atomic E-state index is 14.2. The van der Waals surface area contributed by atoms with Crippen LogP contribution in [0.2, 0.25) is 0 Å². The lowest BCUT2D eigenvalue weighted by Gasteiger charge is -2.43. The summed E-state index contributed by atoms with van der Waals surface area (Å²) >= 11 is 0. The number of carbonyl (C=O) groups is 2. The van der Waals surface area contributed by atoms with Gasteiger partial charge in [-0.1, -0.05) is 30.5 Å². The third-order valence-electron chi connectivity index (χ3n) is 7.87. The van der Waals surface area contributed by atoms with Gasteiger partial charge in [0.1, 0.15) is 11.6 Å². The van der Waals surface area contributed by atoms with E-state index in [9.17, 15) is 23.5 Å². The number of benzene rings is 1. The summed E-state index contributed by atoms with van der Waals surface area (Å²) in [6.07, 6.45) is 7.85. The number of nitrogens with one attached hydrogen (secondary N) is 2. The highest BCUT2D eigenvalue weighted by Crippen LogP contribution is 2.29. The molecule has 9 nitrogen and oxygen atoms in total. The fourth-order valence-electron chi connectivity index (χ4n) is 5.71. The van der Waals surface area contributed by atoms with Crippen LogP contribution in [0.25, 0.3) is 11.3 Å². The highest BCUT2D eigenvalue weighted by atomic mass is 19.1. The second-order valence-corrected chi connectivity index (χ2v) is 10.5. The van der Waals surface area contributed by atoms with Crippen LogP contribution >= 0.6 is 0 Å². The number of pyridine rings is 1. The number of hydrogen-bond acceptors (Lipinski definition) is 7. The monoisotopic (exact) mass is 553 g/mol. The fourth-order valence-corrected chi connectivity index (χ4v) is 5.71. The molecule has 1 aliphatic heterocycles. The molecular formula is C29H33F2N5O4. The summed E-state index contributed by atoms with van der Waals surface area (Å²) < 4.78 is 32.7. The number of piperidine rings is 1. The molecule has 0 bridgehead atoms. The van der Waals surface area contributed by atoms with Crippen molar-refractivity contribution in [2.24, 2.45) is 5.92 Å². The minimum atomic E-state index is -0.832. The Kier molecular flexibility index (Phi) is 8.81. The minimum Gasteiger partial charge on any atom is -0.394 e. The Balaban J connectivity index is 1.32. The molecule has 11 heteroatoms. The van der Waals surface area contributed by atoms with Crippen LogP contribution in [0.1, 0.15) is 60.7 Å². The highest BCUT2D eigenvalue weighted by molar-refractivity contribution is 5.94. The van der Waals surface area contributed by atoms with Crippen molar-refractivity contribution in [1.82, 2.24) is 25.7 Å². The van der Waals surface area contributed by atoms with Crippen LogP contribution in [-0.4, -0.2) is 63.7 Å². The summed E-state index contributed by atoms with van der Waals surface area (Å²) in [4.78, 5) is 33.4. The van der Waals surface area contributed by atoms with Crippen LogP contribution in [0.3, 0.4) is 0 Å². The topological polar surface area (TPSA) is 121 Å². The molecule has 2 fully saturated rings. The smallest absolute Gasteiger partial charge is 0.273 e. The number of nitrogens with zero attached hydrogens (tertiary/aromatic N) is 3. The second-order valence-electron chi connectivity index (χ2n) is 10.5. The largest absolute Gasteiger partial charge is 0.394 e. The number of halogens is 2. The van der Waals surface area contributed by atoms with Gasteiger partial charge in [0.2, 0.25) is 5.91 Å². The Bertz CT molecular complexity index is 1310. The first-order valence-corrected chi connectivity index (χ1v) is 13.7. The number of carbonyl (C=O) groups excluding carboxylic acids is 2. The summed E-state index contributed by atoms with van der Waals surface area (Å²) in [5.74, 6) is -3.00. The van der Waals surface area contributed by atoms with E-state index in [1.54, 1.807) is 24.4 Å². The van der Waals surface area contributed by atoms with E-state index < -0.39 is 35.5 Å². The normalized spacial score (nSPS) is 21.1. The van der Waals surface area contributed by atoms with E-state index in [0.29, 0.717) is 24.7 Å². The SMILES string of the molecule is O=C(N[C@H]1CCN(C2CCCCC2)C[C@@H]1C(=O)NC(CO)c1ccccn1)c1cc(-c2ccc(F)cc2F)on1. The molecule has 1 saturated carbocycles. The molecule has 212 valence electrons. The highest BCUT2D eigenvalue weighted by Gasteiger charge is 2.39. The fraction of sp³-hybridized carbons (Fsp3) is 0.448. The van der Waals surface area contributed by atoms with Gasteiger partial charge < -0.3 is 20.3 Å². The molecule has 3 aromatic rings. The lowest BCUT2D eigenvalue weighted by Crippen LogP contribution is -2.58. The molecule has 3 N–H and O–H groups in total. The van der Waals surface area contributed by atoms with E-state index in [4.69, 9.17) is 4.52 Å². The first-order chi connectivity index (χ1) is 19.4. The standard InChI is InChI=1S/C29H33F2N5O4/c30-18-9-10-20(22(31)14-18)27-15-25(35-40-27)29(39)33-23-11-13-36(19-6-2-1-3-7-19)16-21(23)28(38)34-26(17-37)24-8-4-5-12-32-24/h4-5,8-10,12,14-15,19,21,23,26,37H,1-3,6-7,11,13,16-17H2,(H,33,39)(H,34,38)/t21-,23-,26?/m0/s1. The van der Waals surface area contributed by atoms with Gasteiger partial charge in [0.25, 0.3) is 5.91 Å². The molecule has 2 aliphatic rings. The Hall–Kier alpha value is -3.70. The Morgan fingerprint density at radius 3 is 2.65 bits per heavy atom. The Labute approximate surface area is 231 Å². The third-order valence-corrected chi connectivity index (χ3v) is 7.87. The van der Waals surface area contributed by atoms with E-state index >= 15 is 0 Å². The van der Waals surface area contributed by atoms with E-state index in [0.717, 1.165) is 44.4 Å². The number of aliphatic hydroxyl groups excluding tert-OH is 1. The summed E-state index contributed by atoms with van der Waals surface area (Å²) in [5, 5.41) is 19.6. The van der Waals surface area contributed by atoms with E-state index in [1.165, 1.54) is 18.6 Å². The van der Waals surface area contributed by atoms with Gasteiger partial charge in [-0.25, -0.2) is 8.78 Å². The van der Waals surface area contributed by atoms with Gasteiger partial charge in [-0.05, 0) is 43.5 Å². The maximum absolute atomic E-state index is 14.2.